The molecule has 0 amide bonds. The summed E-state index contributed by atoms with van der Waals surface area (Å²) in [5.41, 5.74) is 0.793. The molecular formula is C27H42O4. The highest BCUT2D eigenvalue weighted by Gasteiger charge is 2.69. The van der Waals surface area contributed by atoms with Crippen molar-refractivity contribution < 1.29 is 19.7 Å². The Balaban J connectivity index is 1.34. The van der Waals surface area contributed by atoms with E-state index in [0.717, 1.165) is 12.8 Å². The highest BCUT2D eigenvalue weighted by molar-refractivity contribution is 5.92. The maximum Gasteiger partial charge on any atom is 0.155 e. The molecule has 10 atom stereocenters. The van der Waals surface area contributed by atoms with E-state index < -0.39 is 11.7 Å². The maximum absolute atomic E-state index is 12.1. The second-order valence-corrected chi connectivity index (χ2v) is 12.7. The first-order valence-corrected chi connectivity index (χ1v) is 12.8. The highest BCUT2D eigenvalue weighted by atomic mass is 16.6. The van der Waals surface area contributed by atoms with Gasteiger partial charge in [0.15, 0.2) is 5.78 Å². The van der Waals surface area contributed by atoms with Crippen molar-refractivity contribution in [2.75, 3.05) is 0 Å². The van der Waals surface area contributed by atoms with Gasteiger partial charge in [-0.15, -0.1) is 0 Å². The Morgan fingerprint density at radius 3 is 2.61 bits per heavy atom. The Morgan fingerprint density at radius 1 is 1.16 bits per heavy atom. The first kappa shape index (κ1) is 22.1. The van der Waals surface area contributed by atoms with Gasteiger partial charge in [-0.2, -0.15) is 0 Å². The first-order chi connectivity index (χ1) is 14.5. The summed E-state index contributed by atoms with van der Waals surface area (Å²) in [6, 6.07) is 0. The minimum atomic E-state index is -1.03. The largest absolute Gasteiger partial charge is 0.390 e. The van der Waals surface area contributed by atoms with Crippen molar-refractivity contribution in [2.45, 2.75) is 110 Å². The number of ether oxygens (including phenoxy) is 1. The van der Waals surface area contributed by atoms with Crippen LogP contribution in [0.3, 0.4) is 0 Å². The SMILES string of the molecule is C[C@H](CCC(O)C(C)(C)O)[C@H]1CC[C@H]2[C@@H]3C4OC4C4=CC(=O)CCC4(C)[C@H]3CC[C@]12C. The number of hydrogen-bond acceptors (Lipinski definition) is 4. The molecule has 4 unspecified atom stereocenters. The third-order valence-electron chi connectivity index (χ3n) is 10.7. The zero-order valence-electron chi connectivity index (χ0n) is 20.1. The fourth-order valence-corrected chi connectivity index (χ4v) is 8.76. The number of carbonyl (C=O) groups excluding carboxylic acids is 1. The lowest BCUT2D eigenvalue weighted by Gasteiger charge is -2.57. The zero-order chi connectivity index (χ0) is 22.3. The summed E-state index contributed by atoms with van der Waals surface area (Å²) in [6.45, 7) is 10.7. The molecule has 0 aromatic carbocycles. The predicted octanol–water partition coefficient (Wildman–Crippen LogP) is 4.67. The third-order valence-corrected chi connectivity index (χ3v) is 10.7. The lowest BCUT2D eigenvalue weighted by Crippen LogP contribution is -2.53. The fourth-order valence-electron chi connectivity index (χ4n) is 8.76. The van der Waals surface area contributed by atoms with Crippen molar-refractivity contribution in [2.24, 2.45) is 40.4 Å². The smallest absolute Gasteiger partial charge is 0.155 e. The van der Waals surface area contributed by atoms with Gasteiger partial charge in [0.25, 0.3) is 0 Å². The van der Waals surface area contributed by atoms with Gasteiger partial charge < -0.3 is 14.9 Å². The van der Waals surface area contributed by atoms with Gasteiger partial charge in [0, 0.05) is 6.42 Å². The van der Waals surface area contributed by atoms with Crippen LogP contribution in [0, 0.1) is 40.4 Å². The van der Waals surface area contributed by atoms with Gasteiger partial charge in [-0.3, -0.25) is 4.79 Å². The van der Waals surface area contributed by atoms with Crippen LogP contribution in [0.25, 0.3) is 0 Å². The summed E-state index contributed by atoms with van der Waals surface area (Å²) in [5.74, 6) is 3.54. The van der Waals surface area contributed by atoms with E-state index >= 15 is 0 Å². The van der Waals surface area contributed by atoms with E-state index in [4.69, 9.17) is 4.74 Å². The van der Waals surface area contributed by atoms with Crippen molar-refractivity contribution in [1.82, 2.24) is 0 Å². The van der Waals surface area contributed by atoms with Crippen LogP contribution in [0.4, 0.5) is 0 Å². The molecule has 1 heterocycles. The first-order valence-electron chi connectivity index (χ1n) is 12.8. The molecule has 31 heavy (non-hydrogen) atoms. The van der Waals surface area contributed by atoms with E-state index in [9.17, 15) is 15.0 Å². The zero-order valence-corrected chi connectivity index (χ0v) is 20.1. The molecule has 4 heteroatoms. The van der Waals surface area contributed by atoms with Gasteiger partial charge in [-0.05, 0) is 111 Å². The fraction of sp³-hybridized carbons (Fsp3) is 0.889. The van der Waals surface area contributed by atoms with E-state index in [1.807, 2.05) is 6.08 Å². The van der Waals surface area contributed by atoms with Crippen molar-refractivity contribution in [3.63, 3.8) is 0 Å². The molecular weight excluding hydrogens is 388 g/mol. The molecule has 3 saturated carbocycles. The van der Waals surface area contributed by atoms with Crippen LogP contribution in [0.15, 0.2) is 11.6 Å². The van der Waals surface area contributed by atoms with Crippen LogP contribution in [0.5, 0.6) is 0 Å². The van der Waals surface area contributed by atoms with Gasteiger partial charge in [-0.25, -0.2) is 0 Å². The molecule has 1 saturated heterocycles. The Hall–Kier alpha value is -0.710. The van der Waals surface area contributed by atoms with E-state index in [2.05, 4.69) is 20.8 Å². The van der Waals surface area contributed by atoms with Gasteiger partial charge in [0.1, 0.15) is 6.10 Å². The number of carbonyl (C=O) groups is 1. The molecule has 0 aromatic heterocycles. The van der Waals surface area contributed by atoms with E-state index in [1.54, 1.807) is 13.8 Å². The van der Waals surface area contributed by atoms with Crippen LogP contribution in [-0.2, 0) is 9.53 Å². The Bertz CT molecular complexity index is 781. The average Bonchev–Trinajstić information content (AvgIpc) is 3.40. The van der Waals surface area contributed by atoms with Crippen LogP contribution >= 0.6 is 0 Å². The summed E-state index contributed by atoms with van der Waals surface area (Å²) in [6.07, 6.45) is 10.3. The standard InChI is InChI=1S/C27H42O4/c1-15(6-9-21(29)25(2,3)30)17-7-8-18-22-19(11-13-26(17,18)4)27(5)12-10-16(28)14-20(27)23-24(22)31-23/h14-15,17-19,21-24,29-30H,6-13H2,1-5H3/t15-,17-,18+,19+,21?,22+,23?,24?,26-,27?/m1/s1. The molecule has 4 nitrogen and oxygen atoms in total. The van der Waals surface area contributed by atoms with Crippen molar-refractivity contribution in [1.29, 1.82) is 0 Å². The Morgan fingerprint density at radius 2 is 1.90 bits per heavy atom. The summed E-state index contributed by atoms with van der Waals surface area (Å²) in [7, 11) is 0. The van der Waals surface area contributed by atoms with Crippen LogP contribution in [-0.4, -0.2) is 39.9 Å². The van der Waals surface area contributed by atoms with E-state index in [-0.39, 0.29) is 11.5 Å². The molecule has 1 aliphatic heterocycles. The Kier molecular flexibility index (Phi) is 5.09. The summed E-state index contributed by atoms with van der Waals surface area (Å²) >= 11 is 0. The molecule has 5 aliphatic rings. The third kappa shape index (κ3) is 3.30. The van der Waals surface area contributed by atoms with Crippen LogP contribution in [0.2, 0.25) is 0 Å². The quantitative estimate of drug-likeness (QED) is 0.622. The van der Waals surface area contributed by atoms with Gasteiger partial charge >= 0.3 is 0 Å². The minimum Gasteiger partial charge on any atom is -0.390 e. The molecule has 0 spiro atoms. The van der Waals surface area contributed by atoms with E-state index in [0.29, 0.717) is 59.7 Å². The number of aliphatic hydroxyl groups excluding tert-OH is 1. The summed E-state index contributed by atoms with van der Waals surface area (Å²) in [5, 5.41) is 20.4. The maximum atomic E-state index is 12.1. The molecule has 0 aromatic rings. The van der Waals surface area contributed by atoms with Crippen LogP contribution < -0.4 is 0 Å². The number of fused-ring (bicyclic) bond motifs is 8. The van der Waals surface area contributed by atoms with Gasteiger partial charge in [0.2, 0.25) is 0 Å². The monoisotopic (exact) mass is 430 g/mol. The molecule has 0 bridgehead atoms. The van der Waals surface area contributed by atoms with Gasteiger partial charge in [0.05, 0.1) is 17.8 Å². The van der Waals surface area contributed by atoms with Crippen LogP contribution in [0.1, 0.15) is 86.0 Å². The molecule has 174 valence electrons. The number of ketones is 1. The lowest BCUT2D eigenvalue weighted by molar-refractivity contribution is -0.117. The average molecular weight is 431 g/mol. The highest BCUT2D eigenvalue weighted by Crippen LogP contribution is 2.70. The Labute approximate surface area is 187 Å². The molecule has 0 radical (unpaired) electrons. The predicted molar refractivity (Wildman–Crippen MR) is 120 cm³/mol. The minimum absolute atomic E-state index is 0.151. The number of epoxide rings is 1. The number of aliphatic hydroxyl groups is 2. The number of rotatable bonds is 5. The molecule has 4 aliphatic carbocycles. The lowest BCUT2D eigenvalue weighted by atomic mass is 9.46. The number of hydrogen-bond donors (Lipinski definition) is 2. The molecule has 5 rings (SSSR count). The van der Waals surface area contributed by atoms with Gasteiger partial charge in [-0.1, -0.05) is 20.8 Å². The van der Waals surface area contributed by atoms with E-state index in [1.165, 1.54) is 31.3 Å². The summed E-state index contributed by atoms with van der Waals surface area (Å²) in [4.78, 5) is 12.1. The summed E-state index contributed by atoms with van der Waals surface area (Å²) < 4.78 is 6.31. The van der Waals surface area contributed by atoms with Crippen molar-refractivity contribution >= 4 is 5.78 Å². The van der Waals surface area contributed by atoms with Crippen molar-refractivity contribution in [3.8, 4) is 0 Å². The second-order valence-electron chi connectivity index (χ2n) is 12.7. The molecule has 4 fully saturated rings. The topological polar surface area (TPSA) is 70.1 Å². The van der Waals surface area contributed by atoms with Crippen molar-refractivity contribution in [3.05, 3.63) is 11.6 Å². The molecule has 2 N–H and O–H groups in total. The second kappa shape index (κ2) is 7.14. The normalized spacial score (nSPS) is 48.1.